The summed E-state index contributed by atoms with van der Waals surface area (Å²) in [5, 5.41) is 14.1. The molecule has 2 aromatic rings. The van der Waals surface area contributed by atoms with Crippen molar-refractivity contribution < 1.29 is 14.7 Å². The molecule has 5 nitrogen and oxygen atoms in total. The van der Waals surface area contributed by atoms with Gasteiger partial charge in [-0.05, 0) is 6.42 Å². The highest BCUT2D eigenvalue weighted by Crippen LogP contribution is 2.23. The van der Waals surface area contributed by atoms with Gasteiger partial charge in [-0.1, -0.05) is 37.3 Å². The molecular weight excluding hydrogens is 288 g/mol. The molecule has 2 N–H and O–H groups in total. The number of carboxylic acids is 1. The number of thiazole rings is 1. The Kier molecular flexibility index (Phi) is 5.05. The highest BCUT2D eigenvalue weighted by atomic mass is 32.1. The van der Waals surface area contributed by atoms with Crippen LogP contribution < -0.4 is 5.32 Å². The van der Waals surface area contributed by atoms with Crippen LogP contribution in [0.4, 0.5) is 0 Å². The molecule has 1 aromatic heterocycles. The van der Waals surface area contributed by atoms with Crippen molar-refractivity contribution in [2.75, 3.05) is 0 Å². The summed E-state index contributed by atoms with van der Waals surface area (Å²) >= 11 is 1.47. The molecule has 110 valence electrons. The minimum atomic E-state index is -1.02. The minimum absolute atomic E-state index is 0.0904. The third-order valence-electron chi connectivity index (χ3n) is 2.96. The van der Waals surface area contributed by atoms with Gasteiger partial charge in [0.05, 0.1) is 12.1 Å². The lowest BCUT2D eigenvalue weighted by molar-refractivity contribution is -0.141. The van der Waals surface area contributed by atoms with Crippen molar-refractivity contribution >= 4 is 23.2 Å². The van der Waals surface area contributed by atoms with Gasteiger partial charge in [0.1, 0.15) is 11.0 Å². The second-order valence-corrected chi connectivity index (χ2v) is 5.41. The van der Waals surface area contributed by atoms with E-state index < -0.39 is 12.0 Å². The maximum atomic E-state index is 11.8. The standard InChI is InChI=1S/C15H16N2O3S/c1-2-12(15(19)20)17-13(18)8-11-9-21-14(16-11)10-6-4-3-5-7-10/h3-7,9,12H,2,8H2,1H3,(H,17,18)(H,19,20). The Balaban J connectivity index is 1.99. The molecule has 0 aliphatic rings. The quantitative estimate of drug-likeness (QED) is 0.858. The van der Waals surface area contributed by atoms with E-state index in [0.717, 1.165) is 10.6 Å². The van der Waals surface area contributed by atoms with E-state index in [9.17, 15) is 9.59 Å². The molecule has 0 saturated carbocycles. The molecule has 6 heteroatoms. The summed E-state index contributed by atoms with van der Waals surface area (Å²) in [6, 6.07) is 8.87. The second-order valence-electron chi connectivity index (χ2n) is 4.55. The minimum Gasteiger partial charge on any atom is -0.480 e. The number of amides is 1. The van der Waals surface area contributed by atoms with E-state index in [1.165, 1.54) is 11.3 Å². The smallest absolute Gasteiger partial charge is 0.326 e. The van der Waals surface area contributed by atoms with Crippen molar-refractivity contribution in [3.63, 3.8) is 0 Å². The zero-order valence-corrected chi connectivity index (χ0v) is 12.4. The van der Waals surface area contributed by atoms with E-state index in [1.54, 1.807) is 6.92 Å². The van der Waals surface area contributed by atoms with Crippen LogP contribution in [0.5, 0.6) is 0 Å². The number of aliphatic carboxylic acids is 1. The van der Waals surface area contributed by atoms with Crippen molar-refractivity contribution in [3.05, 3.63) is 41.4 Å². The van der Waals surface area contributed by atoms with Crippen LogP contribution in [0.1, 0.15) is 19.0 Å². The fourth-order valence-corrected chi connectivity index (χ4v) is 2.68. The summed E-state index contributed by atoms with van der Waals surface area (Å²) in [6.45, 7) is 1.72. The third kappa shape index (κ3) is 4.13. The highest BCUT2D eigenvalue weighted by molar-refractivity contribution is 7.13. The van der Waals surface area contributed by atoms with Crippen molar-refractivity contribution in [1.82, 2.24) is 10.3 Å². The van der Waals surface area contributed by atoms with Gasteiger partial charge in [0.15, 0.2) is 0 Å². The average Bonchev–Trinajstić information content (AvgIpc) is 2.93. The Morgan fingerprint density at radius 1 is 1.33 bits per heavy atom. The van der Waals surface area contributed by atoms with Gasteiger partial charge in [-0.25, -0.2) is 9.78 Å². The van der Waals surface area contributed by atoms with Crippen LogP contribution in [-0.4, -0.2) is 28.0 Å². The summed E-state index contributed by atoms with van der Waals surface area (Å²) in [5.74, 6) is -1.34. The van der Waals surface area contributed by atoms with Gasteiger partial charge >= 0.3 is 5.97 Å². The Hall–Kier alpha value is -2.21. The van der Waals surface area contributed by atoms with Crippen LogP contribution in [0.25, 0.3) is 10.6 Å². The second kappa shape index (κ2) is 6.99. The summed E-state index contributed by atoms with van der Waals surface area (Å²) < 4.78 is 0. The number of hydrogen-bond acceptors (Lipinski definition) is 4. The van der Waals surface area contributed by atoms with E-state index in [1.807, 2.05) is 35.7 Å². The molecule has 2 rings (SSSR count). The van der Waals surface area contributed by atoms with Crippen LogP contribution in [0.3, 0.4) is 0 Å². The summed E-state index contributed by atoms with van der Waals surface area (Å²) in [7, 11) is 0. The van der Waals surface area contributed by atoms with E-state index >= 15 is 0 Å². The number of nitrogens with zero attached hydrogens (tertiary/aromatic N) is 1. The van der Waals surface area contributed by atoms with Crippen LogP contribution in [0.2, 0.25) is 0 Å². The first-order chi connectivity index (χ1) is 10.1. The van der Waals surface area contributed by atoms with Crippen LogP contribution >= 0.6 is 11.3 Å². The molecular formula is C15H16N2O3S. The number of carboxylic acid groups (broad SMARTS) is 1. The average molecular weight is 304 g/mol. The number of hydrogen-bond donors (Lipinski definition) is 2. The van der Waals surface area contributed by atoms with Crippen molar-refractivity contribution in [1.29, 1.82) is 0 Å². The molecule has 1 atom stereocenters. The molecule has 1 aromatic carbocycles. The molecule has 0 spiro atoms. The monoisotopic (exact) mass is 304 g/mol. The fraction of sp³-hybridized carbons (Fsp3) is 0.267. The Morgan fingerprint density at radius 3 is 2.67 bits per heavy atom. The van der Waals surface area contributed by atoms with E-state index in [-0.39, 0.29) is 12.3 Å². The molecule has 1 unspecified atom stereocenters. The fourth-order valence-electron chi connectivity index (χ4n) is 1.85. The topological polar surface area (TPSA) is 79.3 Å². The largest absolute Gasteiger partial charge is 0.480 e. The Labute approximate surface area is 126 Å². The highest BCUT2D eigenvalue weighted by Gasteiger charge is 2.18. The number of aromatic nitrogens is 1. The van der Waals surface area contributed by atoms with Crippen molar-refractivity contribution in [2.24, 2.45) is 0 Å². The third-order valence-corrected chi connectivity index (χ3v) is 3.90. The SMILES string of the molecule is CCC(NC(=O)Cc1csc(-c2ccccc2)n1)C(=O)O. The van der Waals surface area contributed by atoms with E-state index in [4.69, 9.17) is 5.11 Å². The number of benzene rings is 1. The first-order valence-electron chi connectivity index (χ1n) is 6.62. The number of rotatable bonds is 6. The molecule has 1 amide bonds. The Morgan fingerprint density at radius 2 is 2.05 bits per heavy atom. The zero-order chi connectivity index (χ0) is 15.2. The maximum Gasteiger partial charge on any atom is 0.326 e. The molecule has 0 aliphatic carbocycles. The molecule has 0 radical (unpaired) electrons. The van der Waals surface area contributed by atoms with Gasteiger partial charge < -0.3 is 10.4 Å². The summed E-state index contributed by atoms with van der Waals surface area (Å²) in [6.07, 6.45) is 0.445. The Bertz CT molecular complexity index is 625. The number of nitrogens with one attached hydrogen (secondary N) is 1. The number of carbonyl (C=O) groups is 2. The van der Waals surface area contributed by atoms with Crippen LogP contribution in [0.15, 0.2) is 35.7 Å². The normalized spacial score (nSPS) is 11.9. The van der Waals surface area contributed by atoms with Crippen molar-refractivity contribution in [2.45, 2.75) is 25.8 Å². The lowest BCUT2D eigenvalue weighted by Gasteiger charge is -2.11. The maximum absolute atomic E-state index is 11.8. The van der Waals surface area contributed by atoms with Gasteiger partial charge in [0, 0.05) is 10.9 Å². The molecule has 0 aliphatic heterocycles. The lowest BCUT2D eigenvalue weighted by Crippen LogP contribution is -2.41. The predicted molar refractivity (Wildman–Crippen MR) is 81.1 cm³/mol. The predicted octanol–water partition coefficient (Wildman–Crippen LogP) is 2.33. The van der Waals surface area contributed by atoms with E-state index in [0.29, 0.717) is 12.1 Å². The molecule has 0 fully saturated rings. The number of carbonyl (C=O) groups excluding carboxylic acids is 1. The summed E-state index contributed by atoms with van der Waals surface area (Å²) in [4.78, 5) is 27.1. The molecule has 0 bridgehead atoms. The van der Waals surface area contributed by atoms with Gasteiger partial charge in [0.25, 0.3) is 0 Å². The molecule has 1 heterocycles. The first kappa shape index (κ1) is 15.2. The van der Waals surface area contributed by atoms with Gasteiger partial charge in [-0.2, -0.15) is 0 Å². The molecule has 21 heavy (non-hydrogen) atoms. The summed E-state index contributed by atoms with van der Waals surface area (Å²) in [5.41, 5.74) is 1.66. The van der Waals surface area contributed by atoms with Crippen LogP contribution in [0, 0.1) is 0 Å². The zero-order valence-electron chi connectivity index (χ0n) is 11.6. The van der Waals surface area contributed by atoms with E-state index in [2.05, 4.69) is 10.3 Å². The first-order valence-corrected chi connectivity index (χ1v) is 7.50. The van der Waals surface area contributed by atoms with Gasteiger partial charge in [-0.15, -0.1) is 11.3 Å². The van der Waals surface area contributed by atoms with Gasteiger partial charge in [0.2, 0.25) is 5.91 Å². The van der Waals surface area contributed by atoms with Crippen LogP contribution in [-0.2, 0) is 16.0 Å². The van der Waals surface area contributed by atoms with Gasteiger partial charge in [-0.3, -0.25) is 4.79 Å². The van der Waals surface area contributed by atoms with Crippen molar-refractivity contribution in [3.8, 4) is 10.6 Å². The lowest BCUT2D eigenvalue weighted by atomic mass is 10.2. The molecule has 0 saturated heterocycles.